The quantitative estimate of drug-likeness (QED) is 0.892. The van der Waals surface area contributed by atoms with Gasteiger partial charge >= 0.3 is 6.03 Å². The molecule has 2 amide bonds. The fourth-order valence-corrected chi connectivity index (χ4v) is 3.97. The number of benzene rings is 1. The lowest BCUT2D eigenvalue weighted by Gasteiger charge is -2.44. The van der Waals surface area contributed by atoms with Crippen LogP contribution < -0.4 is 14.8 Å². The Bertz CT molecular complexity index is 618. The SMILES string of the molecule is COc1ccc([C@@H](C)NC(=O)N2CCC3(CCOCC3)CC2)cc1OC. The number of piperidine rings is 1. The van der Waals surface area contributed by atoms with Crippen LogP contribution >= 0.6 is 0 Å². The Hall–Kier alpha value is -1.95. The van der Waals surface area contributed by atoms with Gasteiger partial charge in [-0.1, -0.05) is 6.07 Å². The summed E-state index contributed by atoms with van der Waals surface area (Å²) in [5.74, 6) is 1.36. The number of nitrogens with one attached hydrogen (secondary N) is 1. The lowest BCUT2D eigenvalue weighted by molar-refractivity contribution is -0.0146. The molecule has 1 N–H and O–H groups in total. The van der Waals surface area contributed by atoms with Crippen molar-refractivity contribution in [1.29, 1.82) is 0 Å². The zero-order valence-corrected chi connectivity index (χ0v) is 16.0. The number of amides is 2. The first-order valence-corrected chi connectivity index (χ1v) is 9.42. The Labute approximate surface area is 155 Å². The summed E-state index contributed by atoms with van der Waals surface area (Å²) in [4.78, 5) is 14.6. The molecule has 0 radical (unpaired) electrons. The molecule has 0 aromatic heterocycles. The first kappa shape index (κ1) is 18.8. The Morgan fingerprint density at radius 3 is 2.38 bits per heavy atom. The average Bonchev–Trinajstić information content (AvgIpc) is 2.68. The van der Waals surface area contributed by atoms with Crippen LogP contribution in [0.2, 0.25) is 0 Å². The van der Waals surface area contributed by atoms with Crippen LogP contribution in [0.15, 0.2) is 18.2 Å². The molecule has 6 heteroatoms. The summed E-state index contributed by atoms with van der Waals surface area (Å²) in [5, 5.41) is 3.11. The molecular weight excluding hydrogens is 332 g/mol. The zero-order chi connectivity index (χ0) is 18.6. The maximum Gasteiger partial charge on any atom is 0.317 e. The second-order valence-corrected chi connectivity index (χ2v) is 7.39. The molecule has 2 fully saturated rings. The van der Waals surface area contributed by atoms with Gasteiger partial charge in [0.25, 0.3) is 0 Å². The number of methoxy groups -OCH3 is 2. The monoisotopic (exact) mass is 362 g/mol. The van der Waals surface area contributed by atoms with Gasteiger partial charge in [-0.3, -0.25) is 0 Å². The number of rotatable bonds is 4. The smallest absolute Gasteiger partial charge is 0.317 e. The average molecular weight is 362 g/mol. The Morgan fingerprint density at radius 2 is 1.77 bits per heavy atom. The highest BCUT2D eigenvalue weighted by atomic mass is 16.5. The van der Waals surface area contributed by atoms with Crippen LogP contribution in [0.5, 0.6) is 11.5 Å². The van der Waals surface area contributed by atoms with Gasteiger partial charge in [0.05, 0.1) is 20.3 Å². The molecule has 26 heavy (non-hydrogen) atoms. The first-order chi connectivity index (χ1) is 12.6. The topological polar surface area (TPSA) is 60.0 Å². The predicted octanol–water partition coefficient (Wildman–Crippen LogP) is 3.37. The third-order valence-corrected chi connectivity index (χ3v) is 5.91. The molecule has 1 spiro atoms. The van der Waals surface area contributed by atoms with E-state index in [0.717, 1.165) is 57.6 Å². The van der Waals surface area contributed by atoms with Crippen molar-refractivity contribution in [2.45, 2.75) is 38.6 Å². The number of nitrogens with zero attached hydrogens (tertiary/aromatic N) is 1. The first-order valence-electron chi connectivity index (χ1n) is 9.42. The van der Waals surface area contributed by atoms with Crippen molar-refractivity contribution in [1.82, 2.24) is 10.2 Å². The van der Waals surface area contributed by atoms with Crippen LogP contribution in [0.4, 0.5) is 4.79 Å². The van der Waals surface area contributed by atoms with Crippen molar-refractivity contribution in [3.63, 3.8) is 0 Å². The molecule has 144 valence electrons. The minimum Gasteiger partial charge on any atom is -0.493 e. The maximum absolute atomic E-state index is 12.7. The van der Waals surface area contributed by atoms with E-state index in [9.17, 15) is 4.79 Å². The van der Waals surface area contributed by atoms with Crippen molar-refractivity contribution in [2.24, 2.45) is 5.41 Å². The van der Waals surface area contributed by atoms with E-state index in [-0.39, 0.29) is 12.1 Å². The van der Waals surface area contributed by atoms with Crippen molar-refractivity contribution in [3.8, 4) is 11.5 Å². The number of hydrogen-bond donors (Lipinski definition) is 1. The van der Waals surface area contributed by atoms with E-state index in [2.05, 4.69) is 5.32 Å². The number of carbonyl (C=O) groups excluding carboxylic acids is 1. The molecule has 0 aliphatic carbocycles. The van der Waals surface area contributed by atoms with Crippen LogP contribution in [0.1, 0.15) is 44.2 Å². The van der Waals surface area contributed by atoms with Crippen LogP contribution in [-0.4, -0.2) is 51.5 Å². The van der Waals surface area contributed by atoms with E-state index in [0.29, 0.717) is 16.9 Å². The zero-order valence-electron chi connectivity index (χ0n) is 16.0. The molecule has 6 nitrogen and oxygen atoms in total. The normalized spacial score (nSPS) is 20.5. The number of hydrogen-bond acceptors (Lipinski definition) is 4. The summed E-state index contributed by atoms with van der Waals surface area (Å²) in [5.41, 5.74) is 1.39. The van der Waals surface area contributed by atoms with Gasteiger partial charge in [-0.2, -0.15) is 0 Å². The van der Waals surface area contributed by atoms with E-state index in [1.807, 2.05) is 30.0 Å². The summed E-state index contributed by atoms with van der Waals surface area (Å²) >= 11 is 0. The third-order valence-electron chi connectivity index (χ3n) is 5.91. The van der Waals surface area contributed by atoms with Crippen LogP contribution in [-0.2, 0) is 4.74 Å². The van der Waals surface area contributed by atoms with Crippen molar-refractivity contribution in [3.05, 3.63) is 23.8 Å². The van der Waals surface area contributed by atoms with Gasteiger partial charge in [-0.15, -0.1) is 0 Å². The fraction of sp³-hybridized carbons (Fsp3) is 0.650. The molecule has 3 rings (SSSR count). The molecular formula is C20H30N2O4. The fourth-order valence-electron chi connectivity index (χ4n) is 3.97. The van der Waals surface area contributed by atoms with Crippen LogP contribution in [0, 0.1) is 5.41 Å². The summed E-state index contributed by atoms with van der Waals surface area (Å²) in [6, 6.07) is 5.65. The van der Waals surface area contributed by atoms with Crippen LogP contribution in [0.25, 0.3) is 0 Å². The van der Waals surface area contributed by atoms with Gasteiger partial charge in [-0.25, -0.2) is 4.79 Å². The second-order valence-electron chi connectivity index (χ2n) is 7.39. The van der Waals surface area contributed by atoms with Gasteiger partial charge in [0.2, 0.25) is 0 Å². The molecule has 1 atom stereocenters. The van der Waals surface area contributed by atoms with Gasteiger partial charge in [0.15, 0.2) is 11.5 Å². The van der Waals surface area contributed by atoms with Crippen molar-refractivity contribution >= 4 is 6.03 Å². The van der Waals surface area contributed by atoms with E-state index in [1.54, 1.807) is 14.2 Å². The van der Waals surface area contributed by atoms with Gasteiger partial charge in [0, 0.05) is 26.3 Å². The van der Waals surface area contributed by atoms with E-state index >= 15 is 0 Å². The van der Waals surface area contributed by atoms with E-state index in [4.69, 9.17) is 14.2 Å². The molecule has 1 aromatic rings. The number of carbonyl (C=O) groups is 1. The molecule has 0 bridgehead atoms. The minimum atomic E-state index is -0.0960. The highest BCUT2D eigenvalue weighted by Crippen LogP contribution is 2.40. The standard InChI is InChI=1S/C20H30N2O4/c1-15(16-4-5-17(24-2)18(14-16)25-3)21-19(23)22-10-6-20(7-11-22)8-12-26-13-9-20/h4-5,14-15H,6-13H2,1-3H3,(H,21,23)/t15-/m1/s1. The predicted molar refractivity (Wildman–Crippen MR) is 99.8 cm³/mol. The number of likely N-dealkylation sites (tertiary alicyclic amines) is 1. The minimum absolute atomic E-state index is 0.00851. The van der Waals surface area contributed by atoms with E-state index < -0.39 is 0 Å². The molecule has 2 saturated heterocycles. The molecule has 1 aromatic carbocycles. The Balaban J connectivity index is 1.56. The summed E-state index contributed by atoms with van der Waals surface area (Å²) in [7, 11) is 3.23. The molecule has 2 aliphatic rings. The van der Waals surface area contributed by atoms with Crippen molar-refractivity contribution in [2.75, 3.05) is 40.5 Å². The largest absolute Gasteiger partial charge is 0.493 e. The van der Waals surface area contributed by atoms with Crippen LogP contribution in [0.3, 0.4) is 0 Å². The maximum atomic E-state index is 12.7. The summed E-state index contributed by atoms with van der Waals surface area (Å²) < 4.78 is 16.1. The Morgan fingerprint density at radius 1 is 1.12 bits per heavy atom. The van der Waals surface area contributed by atoms with Gasteiger partial charge in [-0.05, 0) is 55.7 Å². The van der Waals surface area contributed by atoms with Gasteiger partial charge < -0.3 is 24.4 Å². The third kappa shape index (κ3) is 4.06. The van der Waals surface area contributed by atoms with E-state index in [1.165, 1.54) is 0 Å². The molecule has 0 unspecified atom stereocenters. The molecule has 0 saturated carbocycles. The summed E-state index contributed by atoms with van der Waals surface area (Å²) in [6.07, 6.45) is 4.41. The number of ether oxygens (including phenoxy) is 3. The second kappa shape index (κ2) is 8.16. The molecule has 2 aliphatic heterocycles. The number of urea groups is 1. The lowest BCUT2D eigenvalue weighted by Crippen LogP contribution is -2.49. The van der Waals surface area contributed by atoms with Crippen molar-refractivity contribution < 1.29 is 19.0 Å². The highest BCUT2D eigenvalue weighted by molar-refractivity contribution is 5.74. The lowest BCUT2D eigenvalue weighted by atomic mass is 9.72. The summed E-state index contributed by atoms with van der Waals surface area (Å²) in [6.45, 7) is 5.36. The highest BCUT2D eigenvalue weighted by Gasteiger charge is 2.37. The Kier molecular flexibility index (Phi) is 5.91. The van der Waals surface area contributed by atoms with Gasteiger partial charge in [0.1, 0.15) is 0 Å². The molecule has 2 heterocycles.